The molecule has 17 heavy (non-hydrogen) atoms. The zero-order valence-electron chi connectivity index (χ0n) is 9.76. The Morgan fingerprint density at radius 2 is 1.88 bits per heavy atom. The molecule has 0 aliphatic carbocycles. The van der Waals surface area contributed by atoms with Crippen LogP contribution in [0.1, 0.15) is 18.4 Å². The third-order valence-electron chi connectivity index (χ3n) is 3.36. The Kier molecular flexibility index (Phi) is 3.91. The lowest BCUT2D eigenvalue weighted by Crippen LogP contribution is -2.39. The van der Waals surface area contributed by atoms with Gasteiger partial charge in [-0.15, -0.1) is 0 Å². The van der Waals surface area contributed by atoms with Gasteiger partial charge in [0, 0.05) is 13.1 Å². The maximum atomic E-state index is 11.1. The number of nitrogens with zero attached hydrogens (tertiary/aromatic N) is 1. The van der Waals surface area contributed by atoms with Crippen LogP contribution in [0.4, 0.5) is 0 Å². The maximum Gasteiger partial charge on any atom is 0.298 e. The highest BCUT2D eigenvalue weighted by atomic mass is 16.2. The van der Waals surface area contributed by atoms with Gasteiger partial charge in [0.25, 0.3) is 12.2 Å². The lowest BCUT2D eigenvalue weighted by atomic mass is 9.90. The summed E-state index contributed by atoms with van der Waals surface area (Å²) in [5.41, 5.74) is 1.35. The second-order valence-electron chi connectivity index (χ2n) is 4.53. The molecule has 0 bridgehead atoms. The zero-order chi connectivity index (χ0) is 12.1. The van der Waals surface area contributed by atoms with Gasteiger partial charge in [-0.2, -0.15) is 0 Å². The molecule has 1 heterocycles. The fraction of sp³-hybridized carbons (Fsp3) is 0.429. The lowest BCUT2D eigenvalue weighted by Gasteiger charge is -2.30. The summed E-state index contributed by atoms with van der Waals surface area (Å²) < 4.78 is 0. The van der Waals surface area contributed by atoms with E-state index in [-0.39, 0.29) is 0 Å². The van der Waals surface area contributed by atoms with Crippen molar-refractivity contribution in [3.63, 3.8) is 0 Å². The SMILES string of the molecule is O=[C]C(=O)N1CCC(Cc2ccccc2)CC1. The van der Waals surface area contributed by atoms with Gasteiger partial charge in [-0.25, -0.2) is 0 Å². The van der Waals surface area contributed by atoms with Crippen LogP contribution in [0.25, 0.3) is 0 Å². The van der Waals surface area contributed by atoms with E-state index in [1.165, 1.54) is 11.8 Å². The second kappa shape index (κ2) is 5.62. The Morgan fingerprint density at radius 1 is 1.24 bits per heavy atom. The first kappa shape index (κ1) is 11.8. The summed E-state index contributed by atoms with van der Waals surface area (Å²) in [4.78, 5) is 23.0. The number of benzene rings is 1. The smallest absolute Gasteiger partial charge is 0.298 e. The molecule has 1 amide bonds. The van der Waals surface area contributed by atoms with Gasteiger partial charge in [0.1, 0.15) is 0 Å². The third-order valence-corrected chi connectivity index (χ3v) is 3.36. The van der Waals surface area contributed by atoms with Gasteiger partial charge in [0.15, 0.2) is 0 Å². The number of amides is 1. The summed E-state index contributed by atoms with van der Waals surface area (Å²) >= 11 is 0. The van der Waals surface area contributed by atoms with Crippen molar-refractivity contribution in [1.82, 2.24) is 4.90 Å². The summed E-state index contributed by atoms with van der Waals surface area (Å²) in [5, 5.41) is 0. The number of hydrogen-bond donors (Lipinski definition) is 0. The van der Waals surface area contributed by atoms with E-state index in [1.807, 2.05) is 6.07 Å². The zero-order valence-corrected chi connectivity index (χ0v) is 9.76. The van der Waals surface area contributed by atoms with Gasteiger partial charge in [-0.1, -0.05) is 30.3 Å². The number of carbonyl (C=O) groups excluding carboxylic acids is 2. The highest BCUT2D eigenvalue weighted by Crippen LogP contribution is 2.21. The van der Waals surface area contributed by atoms with Crippen molar-refractivity contribution >= 4 is 12.2 Å². The topological polar surface area (TPSA) is 37.4 Å². The number of rotatable bonds is 3. The molecular weight excluding hydrogens is 214 g/mol. The van der Waals surface area contributed by atoms with E-state index >= 15 is 0 Å². The standard InChI is InChI=1S/C14H16NO2/c16-11-14(17)15-8-6-13(7-9-15)10-12-4-2-1-3-5-12/h1-5,13H,6-10H2. The van der Waals surface area contributed by atoms with E-state index in [9.17, 15) is 9.59 Å². The summed E-state index contributed by atoms with van der Waals surface area (Å²) in [5.74, 6) is 0.122. The van der Waals surface area contributed by atoms with Crippen LogP contribution in [0.5, 0.6) is 0 Å². The Hall–Kier alpha value is -1.64. The Labute approximate surface area is 101 Å². The normalized spacial score (nSPS) is 16.8. The first-order valence-electron chi connectivity index (χ1n) is 6.00. The molecule has 1 aromatic rings. The molecule has 3 heteroatoms. The van der Waals surface area contributed by atoms with Crippen LogP contribution in [0.2, 0.25) is 0 Å². The van der Waals surface area contributed by atoms with Crippen molar-refractivity contribution in [3.05, 3.63) is 35.9 Å². The van der Waals surface area contributed by atoms with Gasteiger partial charge >= 0.3 is 0 Å². The Morgan fingerprint density at radius 3 is 2.47 bits per heavy atom. The van der Waals surface area contributed by atoms with Crippen molar-refractivity contribution in [1.29, 1.82) is 0 Å². The van der Waals surface area contributed by atoms with Crippen LogP contribution in [0, 0.1) is 5.92 Å². The van der Waals surface area contributed by atoms with Crippen molar-refractivity contribution in [2.75, 3.05) is 13.1 Å². The molecule has 1 aromatic carbocycles. The summed E-state index contributed by atoms with van der Waals surface area (Å²) in [6.07, 6.45) is 4.45. The molecule has 0 N–H and O–H groups in total. The van der Waals surface area contributed by atoms with E-state index < -0.39 is 5.91 Å². The number of likely N-dealkylation sites (tertiary alicyclic amines) is 1. The molecule has 0 aromatic heterocycles. The van der Waals surface area contributed by atoms with E-state index in [1.54, 1.807) is 4.90 Å². The molecule has 0 unspecified atom stereocenters. The number of piperidine rings is 1. The highest BCUT2D eigenvalue weighted by molar-refractivity contribution is 6.23. The van der Waals surface area contributed by atoms with Crippen LogP contribution in [0.15, 0.2) is 30.3 Å². The van der Waals surface area contributed by atoms with Crippen molar-refractivity contribution in [2.24, 2.45) is 5.92 Å². The Bertz CT molecular complexity index is 380. The molecule has 0 atom stereocenters. The minimum absolute atomic E-state index is 0.497. The maximum absolute atomic E-state index is 11.1. The Balaban J connectivity index is 1.83. The molecule has 1 aliphatic heterocycles. The summed E-state index contributed by atoms with van der Waals surface area (Å²) in [6.45, 7) is 1.37. The first-order valence-corrected chi connectivity index (χ1v) is 6.00. The summed E-state index contributed by atoms with van der Waals surface area (Å²) in [6, 6.07) is 10.4. The van der Waals surface area contributed by atoms with Crippen LogP contribution < -0.4 is 0 Å². The fourth-order valence-corrected chi connectivity index (χ4v) is 2.35. The fourth-order valence-electron chi connectivity index (χ4n) is 2.35. The average molecular weight is 230 g/mol. The van der Waals surface area contributed by atoms with E-state index in [4.69, 9.17) is 0 Å². The highest BCUT2D eigenvalue weighted by Gasteiger charge is 2.22. The van der Waals surface area contributed by atoms with Gasteiger partial charge in [-0.3, -0.25) is 9.59 Å². The molecule has 0 spiro atoms. The molecule has 89 valence electrons. The van der Waals surface area contributed by atoms with Gasteiger partial charge in [0.2, 0.25) is 0 Å². The van der Waals surface area contributed by atoms with Crippen molar-refractivity contribution < 1.29 is 9.59 Å². The van der Waals surface area contributed by atoms with Gasteiger partial charge in [0.05, 0.1) is 0 Å². The van der Waals surface area contributed by atoms with Crippen molar-refractivity contribution in [3.8, 4) is 0 Å². The minimum atomic E-state index is -0.497. The monoisotopic (exact) mass is 230 g/mol. The first-order chi connectivity index (χ1) is 8.29. The van der Waals surface area contributed by atoms with Gasteiger partial charge < -0.3 is 4.90 Å². The third kappa shape index (κ3) is 3.16. The molecule has 2 rings (SSSR count). The minimum Gasteiger partial charge on any atom is -0.336 e. The number of carbonyl (C=O) groups is 1. The van der Waals surface area contributed by atoms with Crippen molar-refractivity contribution in [2.45, 2.75) is 19.3 Å². The predicted octanol–water partition coefficient (Wildman–Crippen LogP) is 1.58. The quantitative estimate of drug-likeness (QED) is 0.739. The molecule has 1 radical (unpaired) electrons. The molecule has 1 saturated heterocycles. The van der Waals surface area contributed by atoms with E-state index in [2.05, 4.69) is 24.3 Å². The van der Waals surface area contributed by atoms with Crippen LogP contribution in [-0.2, 0) is 16.0 Å². The predicted molar refractivity (Wildman–Crippen MR) is 65.1 cm³/mol. The largest absolute Gasteiger partial charge is 0.336 e. The van der Waals surface area contributed by atoms with E-state index in [0.29, 0.717) is 19.0 Å². The second-order valence-corrected chi connectivity index (χ2v) is 4.53. The van der Waals surface area contributed by atoms with Gasteiger partial charge in [-0.05, 0) is 30.7 Å². The molecule has 0 saturated carbocycles. The number of hydrogen-bond acceptors (Lipinski definition) is 2. The molecular formula is C14H16NO2. The molecule has 1 fully saturated rings. The van der Waals surface area contributed by atoms with Crippen LogP contribution >= 0.6 is 0 Å². The molecule has 3 nitrogen and oxygen atoms in total. The van der Waals surface area contributed by atoms with Crippen LogP contribution in [-0.4, -0.2) is 30.2 Å². The van der Waals surface area contributed by atoms with Crippen LogP contribution in [0.3, 0.4) is 0 Å². The lowest BCUT2D eigenvalue weighted by molar-refractivity contribution is -0.125. The summed E-state index contributed by atoms with van der Waals surface area (Å²) in [7, 11) is 0. The molecule has 1 aliphatic rings. The van der Waals surface area contributed by atoms with E-state index in [0.717, 1.165) is 19.3 Å². The average Bonchev–Trinajstić information content (AvgIpc) is 2.40.